The van der Waals surface area contributed by atoms with Gasteiger partial charge in [0.25, 0.3) is 5.91 Å². The molecule has 1 aliphatic heterocycles. The van der Waals surface area contributed by atoms with Crippen LogP contribution in [-0.2, 0) is 11.2 Å². The number of anilines is 1. The molecular formula is C17H14FNO. The van der Waals surface area contributed by atoms with Gasteiger partial charge in [0.2, 0.25) is 0 Å². The van der Waals surface area contributed by atoms with Crippen LogP contribution in [0.1, 0.15) is 23.6 Å². The van der Waals surface area contributed by atoms with E-state index in [4.69, 9.17) is 0 Å². The smallest absolute Gasteiger partial charge is 0.256 e. The van der Waals surface area contributed by atoms with E-state index in [1.807, 2.05) is 24.3 Å². The van der Waals surface area contributed by atoms with Crippen molar-refractivity contribution >= 4 is 23.2 Å². The fraction of sp³-hybridized carbons (Fsp3) is 0.118. The van der Waals surface area contributed by atoms with Gasteiger partial charge in [-0.25, -0.2) is 4.39 Å². The molecule has 1 aliphatic rings. The largest absolute Gasteiger partial charge is 0.321 e. The van der Waals surface area contributed by atoms with Gasteiger partial charge < -0.3 is 5.32 Å². The van der Waals surface area contributed by atoms with Gasteiger partial charge in [-0.3, -0.25) is 4.79 Å². The van der Waals surface area contributed by atoms with Crippen molar-refractivity contribution in [2.45, 2.75) is 13.3 Å². The van der Waals surface area contributed by atoms with Crippen molar-refractivity contribution in [3.8, 4) is 0 Å². The summed E-state index contributed by atoms with van der Waals surface area (Å²) in [6.45, 7) is 2.09. The van der Waals surface area contributed by atoms with Crippen LogP contribution in [0.3, 0.4) is 0 Å². The fourth-order valence-electron chi connectivity index (χ4n) is 2.32. The summed E-state index contributed by atoms with van der Waals surface area (Å²) in [6.07, 6.45) is 2.77. The molecule has 0 saturated carbocycles. The molecule has 0 saturated heterocycles. The van der Waals surface area contributed by atoms with Crippen molar-refractivity contribution in [1.82, 2.24) is 0 Å². The maximum Gasteiger partial charge on any atom is 0.256 e. The van der Waals surface area contributed by atoms with E-state index in [1.165, 1.54) is 17.7 Å². The van der Waals surface area contributed by atoms with Crippen LogP contribution in [0.2, 0.25) is 0 Å². The van der Waals surface area contributed by atoms with Crippen molar-refractivity contribution < 1.29 is 9.18 Å². The molecule has 0 fully saturated rings. The molecule has 0 atom stereocenters. The summed E-state index contributed by atoms with van der Waals surface area (Å²) in [7, 11) is 0. The minimum Gasteiger partial charge on any atom is -0.321 e. The lowest BCUT2D eigenvalue weighted by Gasteiger charge is -2.00. The van der Waals surface area contributed by atoms with Crippen molar-refractivity contribution in [1.29, 1.82) is 0 Å². The third kappa shape index (κ3) is 2.23. The summed E-state index contributed by atoms with van der Waals surface area (Å²) in [6, 6.07) is 12.3. The van der Waals surface area contributed by atoms with Gasteiger partial charge in [0.05, 0.1) is 0 Å². The quantitative estimate of drug-likeness (QED) is 0.822. The molecule has 1 N–H and O–H groups in total. The number of halogens is 1. The maximum atomic E-state index is 13.3. The molecule has 2 aromatic rings. The Kier molecular flexibility index (Phi) is 3.11. The van der Waals surface area contributed by atoms with Crippen LogP contribution >= 0.6 is 0 Å². The molecule has 0 bridgehead atoms. The summed E-state index contributed by atoms with van der Waals surface area (Å²) in [5, 5.41) is 2.74. The Labute approximate surface area is 116 Å². The average Bonchev–Trinajstić information content (AvgIpc) is 2.76. The second-order valence-electron chi connectivity index (χ2n) is 4.80. The first-order valence-corrected chi connectivity index (χ1v) is 6.59. The predicted molar refractivity (Wildman–Crippen MR) is 78.7 cm³/mol. The summed E-state index contributed by atoms with van der Waals surface area (Å²) in [5.74, 6) is -0.530. The number of fused-ring (bicyclic) bond motifs is 1. The number of benzene rings is 2. The molecule has 2 aromatic carbocycles. The minimum atomic E-state index is -0.340. The zero-order valence-electron chi connectivity index (χ0n) is 11.1. The second kappa shape index (κ2) is 4.93. The van der Waals surface area contributed by atoms with Gasteiger partial charge in [-0.05, 0) is 41.8 Å². The highest BCUT2D eigenvalue weighted by Crippen LogP contribution is 2.33. The Hall–Kier alpha value is -2.42. The lowest BCUT2D eigenvalue weighted by atomic mass is 10.0. The van der Waals surface area contributed by atoms with Gasteiger partial charge in [0, 0.05) is 16.8 Å². The molecule has 2 nitrogen and oxygen atoms in total. The zero-order valence-corrected chi connectivity index (χ0v) is 11.1. The number of carbonyl (C=O) groups is 1. The van der Waals surface area contributed by atoms with E-state index in [0.717, 1.165) is 12.0 Å². The molecule has 0 spiro atoms. The molecule has 3 heteroatoms. The average molecular weight is 267 g/mol. The minimum absolute atomic E-state index is 0.190. The first-order valence-electron chi connectivity index (χ1n) is 6.59. The predicted octanol–water partition coefficient (Wildman–Crippen LogP) is 3.88. The van der Waals surface area contributed by atoms with Crippen LogP contribution in [0.15, 0.2) is 42.5 Å². The van der Waals surface area contributed by atoms with Gasteiger partial charge >= 0.3 is 0 Å². The monoisotopic (exact) mass is 267 g/mol. The molecular weight excluding hydrogens is 253 g/mol. The van der Waals surface area contributed by atoms with E-state index in [2.05, 4.69) is 12.2 Å². The van der Waals surface area contributed by atoms with Crippen molar-refractivity contribution in [3.05, 3.63) is 65.0 Å². The first kappa shape index (κ1) is 12.6. The molecule has 0 aromatic heterocycles. The Morgan fingerprint density at radius 3 is 2.60 bits per heavy atom. The van der Waals surface area contributed by atoms with Crippen LogP contribution in [0.4, 0.5) is 10.1 Å². The van der Waals surface area contributed by atoms with Crippen LogP contribution in [-0.4, -0.2) is 5.91 Å². The Bertz CT molecular complexity index is 701. The van der Waals surface area contributed by atoms with Crippen LogP contribution in [0.5, 0.6) is 0 Å². The lowest BCUT2D eigenvalue weighted by Crippen LogP contribution is -2.03. The number of hydrogen-bond donors (Lipinski definition) is 1. The highest BCUT2D eigenvalue weighted by molar-refractivity contribution is 6.34. The van der Waals surface area contributed by atoms with Crippen molar-refractivity contribution in [2.75, 3.05) is 5.32 Å². The van der Waals surface area contributed by atoms with Gasteiger partial charge in [0.15, 0.2) is 0 Å². The Morgan fingerprint density at radius 2 is 1.90 bits per heavy atom. The van der Waals surface area contributed by atoms with E-state index in [9.17, 15) is 9.18 Å². The molecule has 0 radical (unpaired) electrons. The third-order valence-electron chi connectivity index (χ3n) is 3.46. The number of amides is 1. The van der Waals surface area contributed by atoms with Crippen molar-refractivity contribution in [2.24, 2.45) is 0 Å². The van der Waals surface area contributed by atoms with E-state index in [-0.39, 0.29) is 11.7 Å². The third-order valence-corrected chi connectivity index (χ3v) is 3.46. The number of aryl methyl sites for hydroxylation is 1. The first-order chi connectivity index (χ1) is 9.67. The Balaban J connectivity index is 2.03. The highest BCUT2D eigenvalue weighted by atomic mass is 19.1. The van der Waals surface area contributed by atoms with Gasteiger partial charge in [-0.15, -0.1) is 0 Å². The van der Waals surface area contributed by atoms with Gasteiger partial charge in [0.1, 0.15) is 5.82 Å². The standard InChI is InChI=1S/C17H14FNO/c1-2-11-3-5-12(6-4-11)9-15-14-10-13(18)7-8-16(14)19-17(15)20/h3-10H,2H2,1H3,(H,19,20)/b15-9+. The maximum absolute atomic E-state index is 13.3. The second-order valence-corrected chi connectivity index (χ2v) is 4.80. The number of carbonyl (C=O) groups excluding carboxylic acids is 1. The Morgan fingerprint density at radius 1 is 1.15 bits per heavy atom. The molecule has 1 heterocycles. The lowest BCUT2D eigenvalue weighted by molar-refractivity contribution is -0.110. The van der Waals surface area contributed by atoms with E-state index in [0.29, 0.717) is 16.8 Å². The summed E-state index contributed by atoms with van der Waals surface area (Å²) in [4.78, 5) is 12.0. The molecule has 1 amide bonds. The molecule has 100 valence electrons. The van der Waals surface area contributed by atoms with Gasteiger partial charge in [-0.2, -0.15) is 0 Å². The van der Waals surface area contributed by atoms with Crippen LogP contribution in [0.25, 0.3) is 11.6 Å². The van der Waals surface area contributed by atoms with Crippen molar-refractivity contribution in [3.63, 3.8) is 0 Å². The highest BCUT2D eigenvalue weighted by Gasteiger charge is 2.24. The number of hydrogen-bond acceptors (Lipinski definition) is 1. The van der Waals surface area contributed by atoms with E-state index >= 15 is 0 Å². The molecule has 20 heavy (non-hydrogen) atoms. The number of rotatable bonds is 2. The van der Waals surface area contributed by atoms with Crippen LogP contribution in [0, 0.1) is 5.82 Å². The van der Waals surface area contributed by atoms with E-state index < -0.39 is 0 Å². The summed E-state index contributed by atoms with van der Waals surface area (Å²) >= 11 is 0. The normalized spacial score (nSPS) is 15.3. The fourth-order valence-corrected chi connectivity index (χ4v) is 2.32. The zero-order chi connectivity index (χ0) is 14.1. The van der Waals surface area contributed by atoms with Crippen LogP contribution < -0.4 is 5.32 Å². The topological polar surface area (TPSA) is 29.1 Å². The molecule has 3 rings (SSSR count). The molecule has 0 aliphatic carbocycles. The number of nitrogens with one attached hydrogen (secondary N) is 1. The summed E-state index contributed by atoms with van der Waals surface area (Å²) in [5.41, 5.74) is 3.96. The summed E-state index contributed by atoms with van der Waals surface area (Å²) < 4.78 is 13.3. The van der Waals surface area contributed by atoms with E-state index in [1.54, 1.807) is 12.1 Å². The SMILES string of the molecule is CCc1ccc(/C=C2/C(=O)Nc3ccc(F)cc32)cc1. The molecule has 0 unspecified atom stereocenters. The van der Waals surface area contributed by atoms with Gasteiger partial charge in [-0.1, -0.05) is 31.2 Å².